The summed E-state index contributed by atoms with van der Waals surface area (Å²) in [6, 6.07) is 15.0. The number of hydrogen-bond donors (Lipinski definition) is 2. The van der Waals surface area contributed by atoms with E-state index in [1.165, 1.54) is 36.0 Å². The van der Waals surface area contributed by atoms with Gasteiger partial charge in [0.1, 0.15) is 11.6 Å². The Hall–Kier alpha value is -3.20. The molecule has 0 spiro atoms. The highest BCUT2D eigenvalue weighted by Gasteiger charge is 2.14. The molecule has 150 valence electrons. The number of rotatable bonds is 7. The monoisotopic (exact) mass is 413 g/mol. The minimum Gasteiger partial charge on any atom is -0.306 e. The quantitative estimate of drug-likeness (QED) is 0.459. The zero-order valence-electron chi connectivity index (χ0n) is 15.8. The second kappa shape index (κ2) is 9.83. The first-order valence-corrected chi connectivity index (χ1v) is 9.99. The van der Waals surface area contributed by atoms with Crippen LogP contribution in [0.5, 0.6) is 0 Å². The number of carbonyl (C=O) groups excluding carboxylic acids is 2. The number of halogens is 1. The van der Waals surface area contributed by atoms with E-state index in [4.69, 9.17) is 0 Å². The van der Waals surface area contributed by atoms with Crippen molar-refractivity contribution in [2.75, 3.05) is 5.75 Å². The van der Waals surface area contributed by atoms with E-state index in [0.29, 0.717) is 18.1 Å². The second-order valence-electron chi connectivity index (χ2n) is 6.10. The molecule has 1 aromatic heterocycles. The van der Waals surface area contributed by atoms with Gasteiger partial charge in [0.05, 0.1) is 5.75 Å². The number of hydrogen-bond acceptors (Lipinski definition) is 5. The molecule has 0 aliphatic rings. The highest BCUT2D eigenvalue weighted by molar-refractivity contribution is 7.99. The summed E-state index contributed by atoms with van der Waals surface area (Å²) in [4.78, 5) is 24.0. The van der Waals surface area contributed by atoms with Gasteiger partial charge < -0.3 is 4.57 Å². The summed E-state index contributed by atoms with van der Waals surface area (Å²) in [5, 5.41) is 9.06. The molecule has 2 aromatic carbocycles. The van der Waals surface area contributed by atoms with E-state index in [1.54, 1.807) is 0 Å². The van der Waals surface area contributed by atoms with Gasteiger partial charge in [0, 0.05) is 18.5 Å². The highest BCUT2D eigenvalue weighted by Crippen LogP contribution is 2.18. The third-order valence-electron chi connectivity index (χ3n) is 4.07. The molecule has 0 radical (unpaired) electrons. The Morgan fingerprint density at radius 2 is 1.76 bits per heavy atom. The lowest BCUT2D eigenvalue weighted by atomic mass is 10.1. The van der Waals surface area contributed by atoms with E-state index in [0.717, 1.165) is 11.4 Å². The normalized spacial score (nSPS) is 10.6. The Morgan fingerprint density at radius 3 is 2.45 bits per heavy atom. The third-order valence-corrected chi connectivity index (χ3v) is 5.04. The van der Waals surface area contributed by atoms with E-state index in [9.17, 15) is 14.0 Å². The number of nitrogens with zero attached hydrogens (tertiary/aromatic N) is 3. The number of benzene rings is 2. The lowest BCUT2D eigenvalue weighted by Crippen LogP contribution is -2.42. The van der Waals surface area contributed by atoms with Crippen LogP contribution < -0.4 is 10.9 Å². The fourth-order valence-corrected chi connectivity index (χ4v) is 3.44. The summed E-state index contributed by atoms with van der Waals surface area (Å²) in [6.07, 6.45) is 0.655. The van der Waals surface area contributed by atoms with E-state index < -0.39 is 11.7 Å². The first-order chi connectivity index (χ1) is 14.1. The van der Waals surface area contributed by atoms with Crippen LogP contribution >= 0.6 is 11.8 Å². The van der Waals surface area contributed by atoms with Crippen molar-refractivity contribution in [3.63, 3.8) is 0 Å². The SMILES string of the molecule is CCn1c(Cc2ccccc2)nnc1SCC(=O)NNC(=O)c1ccc(F)cc1. The molecule has 1 heterocycles. The molecule has 0 fully saturated rings. The van der Waals surface area contributed by atoms with Crippen LogP contribution in [0.3, 0.4) is 0 Å². The third kappa shape index (κ3) is 5.64. The van der Waals surface area contributed by atoms with Crippen LogP contribution in [0.25, 0.3) is 0 Å². The molecule has 0 aliphatic carbocycles. The van der Waals surface area contributed by atoms with Crippen LogP contribution in [0.4, 0.5) is 4.39 Å². The average molecular weight is 413 g/mol. The van der Waals surface area contributed by atoms with Gasteiger partial charge in [-0.15, -0.1) is 10.2 Å². The van der Waals surface area contributed by atoms with E-state index in [-0.39, 0.29) is 17.2 Å². The Balaban J connectivity index is 1.52. The van der Waals surface area contributed by atoms with E-state index >= 15 is 0 Å². The van der Waals surface area contributed by atoms with Crippen LogP contribution in [0.2, 0.25) is 0 Å². The van der Waals surface area contributed by atoms with Crippen molar-refractivity contribution in [3.8, 4) is 0 Å². The van der Waals surface area contributed by atoms with Gasteiger partial charge in [0.15, 0.2) is 5.16 Å². The molecular weight excluding hydrogens is 393 g/mol. The maximum Gasteiger partial charge on any atom is 0.269 e. The molecule has 0 unspecified atom stereocenters. The number of aromatic nitrogens is 3. The van der Waals surface area contributed by atoms with Gasteiger partial charge in [-0.3, -0.25) is 20.4 Å². The van der Waals surface area contributed by atoms with E-state index in [1.807, 2.05) is 41.8 Å². The van der Waals surface area contributed by atoms with Crippen LogP contribution in [-0.2, 0) is 17.8 Å². The van der Waals surface area contributed by atoms with Gasteiger partial charge >= 0.3 is 0 Å². The second-order valence-corrected chi connectivity index (χ2v) is 7.05. The maximum absolute atomic E-state index is 12.9. The van der Waals surface area contributed by atoms with Gasteiger partial charge in [-0.1, -0.05) is 42.1 Å². The maximum atomic E-state index is 12.9. The molecule has 3 aromatic rings. The summed E-state index contributed by atoms with van der Waals surface area (Å²) in [7, 11) is 0. The molecule has 0 aliphatic heterocycles. The molecule has 0 atom stereocenters. The van der Waals surface area contributed by atoms with Gasteiger partial charge in [-0.25, -0.2) is 4.39 Å². The van der Waals surface area contributed by atoms with Crippen molar-refractivity contribution in [2.24, 2.45) is 0 Å². The van der Waals surface area contributed by atoms with Gasteiger partial charge in [0.2, 0.25) is 5.91 Å². The van der Waals surface area contributed by atoms with Gasteiger partial charge in [0.25, 0.3) is 5.91 Å². The summed E-state index contributed by atoms with van der Waals surface area (Å²) in [6.45, 7) is 2.67. The van der Waals surface area contributed by atoms with Gasteiger partial charge in [-0.05, 0) is 36.8 Å². The van der Waals surface area contributed by atoms with Crippen molar-refractivity contribution in [3.05, 3.63) is 77.4 Å². The molecule has 29 heavy (non-hydrogen) atoms. The first kappa shape index (κ1) is 20.5. The van der Waals surface area contributed by atoms with Crippen LogP contribution in [0, 0.1) is 5.82 Å². The number of amides is 2. The topological polar surface area (TPSA) is 88.9 Å². The molecule has 0 saturated heterocycles. The summed E-state index contributed by atoms with van der Waals surface area (Å²) in [5.74, 6) is -0.460. The molecule has 2 amide bonds. The smallest absolute Gasteiger partial charge is 0.269 e. The minimum atomic E-state index is -0.523. The number of hydrazine groups is 1. The predicted molar refractivity (Wildman–Crippen MR) is 108 cm³/mol. The van der Waals surface area contributed by atoms with Gasteiger partial charge in [-0.2, -0.15) is 0 Å². The zero-order chi connectivity index (χ0) is 20.6. The lowest BCUT2D eigenvalue weighted by Gasteiger charge is -2.09. The predicted octanol–water partition coefficient (Wildman–Crippen LogP) is 2.58. The Labute approximate surface area is 171 Å². The molecule has 9 heteroatoms. The highest BCUT2D eigenvalue weighted by atomic mass is 32.2. The van der Waals surface area contributed by atoms with Crippen LogP contribution in [0.1, 0.15) is 28.7 Å². The van der Waals surface area contributed by atoms with Crippen molar-refractivity contribution in [1.29, 1.82) is 0 Å². The summed E-state index contributed by atoms with van der Waals surface area (Å²) in [5.41, 5.74) is 6.02. The molecule has 0 bridgehead atoms. The van der Waals surface area contributed by atoms with Crippen molar-refractivity contribution in [1.82, 2.24) is 25.6 Å². The molecule has 2 N–H and O–H groups in total. The molecule has 0 saturated carbocycles. The summed E-state index contributed by atoms with van der Waals surface area (Å²) >= 11 is 1.24. The van der Waals surface area contributed by atoms with Crippen LogP contribution in [0.15, 0.2) is 59.8 Å². The lowest BCUT2D eigenvalue weighted by molar-refractivity contribution is -0.119. The Morgan fingerprint density at radius 1 is 1.03 bits per heavy atom. The van der Waals surface area contributed by atoms with E-state index in [2.05, 4.69) is 21.0 Å². The standard InChI is InChI=1S/C20H20FN5O2S/c1-2-26-17(12-14-6-4-3-5-7-14)22-25-20(26)29-13-18(27)23-24-19(28)15-8-10-16(21)11-9-15/h3-11H,2,12-13H2,1H3,(H,23,27)(H,24,28). The van der Waals surface area contributed by atoms with Crippen molar-refractivity contribution < 1.29 is 14.0 Å². The zero-order valence-corrected chi connectivity index (χ0v) is 16.6. The Kier molecular flexibility index (Phi) is 6.96. The number of carbonyl (C=O) groups is 2. The first-order valence-electron chi connectivity index (χ1n) is 9.00. The minimum absolute atomic E-state index is 0.0627. The largest absolute Gasteiger partial charge is 0.306 e. The summed E-state index contributed by atoms with van der Waals surface area (Å²) < 4.78 is 14.9. The van der Waals surface area contributed by atoms with Crippen molar-refractivity contribution >= 4 is 23.6 Å². The number of thioether (sulfide) groups is 1. The fourth-order valence-electron chi connectivity index (χ4n) is 2.62. The van der Waals surface area contributed by atoms with Crippen molar-refractivity contribution in [2.45, 2.75) is 25.0 Å². The molecule has 7 nitrogen and oxygen atoms in total. The number of nitrogens with one attached hydrogen (secondary N) is 2. The molecular formula is C20H20FN5O2S. The fraction of sp³-hybridized carbons (Fsp3) is 0.200. The van der Waals surface area contributed by atoms with Crippen LogP contribution in [-0.4, -0.2) is 32.3 Å². The Bertz CT molecular complexity index is 976. The molecule has 3 rings (SSSR count). The average Bonchev–Trinajstić information content (AvgIpc) is 3.13.